The van der Waals surface area contributed by atoms with E-state index in [9.17, 15) is 4.79 Å². The van der Waals surface area contributed by atoms with Crippen LogP contribution in [0.15, 0.2) is 45.3 Å². The Morgan fingerprint density at radius 2 is 1.96 bits per heavy atom. The van der Waals surface area contributed by atoms with E-state index in [1.54, 1.807) is 6.08 Å². The summed E-state index contributed by atoms with van der Waals surface area (Å²) in [4.78, 5) is 12.5. The van der Waals surface area contributed by atoms with Gasteiger partial charge in [-0.25, -0.2) is 0 Å². The molecule has 0 aliphatic heterocycles. The van der Waals surface area contributed by atoms with Crippen LogP contribution in [0.4, 0.5) is 5.69 Å². The summed E-state index contributed by atoms with van der Waals surface area (Å²) >= 11 is 3.47. The van der Waals surface area contributed by atoms with Gasteiger partial charge in [0.15, 0.2) is 0 Å². The van der Waals surface area contributed by atoms with Gasteiger partial charge in [0.1, 0.15) is 17.1 Å². The highest BCUT2D eigenvalue weighted by molar-refractivity contribution is 9.10. The highest BCUT2D eigenvalue weighted by Crippen LogP contribution is 2.35. The number of aryl methyl sites for hydroxylation is 3. The Bertz CT molecular complexity index is 1080. The number of furan rings is 1. The molecule has 0 radical (unpaired) electrons. The van der Waals surface area contributed by atoms with Crippen LogP contribution in [0, 0.1) is 20.8 Å². The molecule has 3 aromatic rings. The van der Waals surface area contributed by atoms with Crippen LogP contribution in [0.2, 0.25) is 0 Å². The minimum atomic E-state index is -0.179. The zero-order chi connectivity index (χ0) is 20.4. The minimum absolute atomic E-state index is 0.179. The van der Waals surface area contributed by atoms with Gasteiger partial charge in [-0.05, 0) is 75.6 Å². The second-order valence-electron chi connectivity index (χ2n) is 6.84. The van der Waals surface area contributed by atoms with E-state index in [0.717, 1.165) is 49.2 Å². The Balaban J connectivity index is 1.94. The molecule has 0 bridgehead atoms. The molecule has 0 saturated carbocycles. The molecule has 0 fully saturated rings. The maximum Gasteiger partial charge on any atom is 0.248 e. The Morgan fingerprint density at radius 3 is 2.64 bits per heavy atom. The van der Waals surface area contributed by atoms with E-state index in [0.29, 0.717) is 12.4 Å². The molecule has 0 atom stereocenters. The molecule has 3 rings (SSSR count). The third-order valence-corrected chi connectivity index (χ3v) is 5.66. The van der Waals surface area contributed by atoms with Crippen LogP contribution in [0.25, 0.3) is 16.5 Å². The van der Waals surface area contributed by atoms with Gasteiger partial charge in [-0.2, -0.15) is 0 Å². The average molecular weight is 442 g/mol. The van der Waals surface area contributed by atoms with Crippen molar-refractivity contribution in [2.75, 3.05) is 11.9 Å². The van der Waals surface area contributed by atoms with Crippen molar-refractivity contribution in [2.45, 2.75) is 34.6 Å². The number of carbonyl (C=O) groups excluding carboxylic acids is 1. The van der Waals surface area contributed by atoms with Gasteiger partial charge in [-0.1, -0.05) is 15.9 Å². The van der Waals surface area contributed by atoms with Crippen molar-refractivity contribution >= 4 is 44.1 Å². The molecule has 146 valence electrons. The number of amides is 1. The molecular weight excluding hydrogens is 418 g/mol. The third kappa shape index (κ3) is 4.14. The lowest BCUT2D eigenvalue weighted by Gasteiger charge is -2.11. The van der Waals surface area contributed by atoms with Crippen molar-refractivity contribution in [1.82, 2.24) is 0 Å². The summed E-state index contributed by atoms with van der Waals surface area (Å²) < 4.78 is 12.6. The first-order valence-corrected chi connectivity index (χ1v) is 10.0. The van der Waals surface area contributed by atoms with Crippen LogP contribution in [0.5, 0.6) is 5.75 Å². The number of ether oxygens (including phenoxy) is 1. The number of nitrogens with one attached hydrogen (secondary N) is 1. The van der Waals surface area contributed by atoms with Gasteiger partial charge in [-0.15, -0.1) is 0 Å². The van der Waals surface area contributed by atoms with Gasteiger partial charge in [0.2, 0.25) is 5.91 Å². The number of carbonyl (C=O) groups is 1. The summed E-state index contributed by atoms with van der Waals surface area (Å²) in [6.07, 6.45) is 1.60. The molecule has 1 aromatic heterocycles. The van der Waals surface area contributed by atoms with Crippen LogP contribution in [0.1, 0.15) is 36.3 Å². The SMILES string of the molecule is CCOc1cc2oc(C)c(C)c2cc1/C(C)=C/C(=O)Nc1ccc(Br)c(C)c1. The highest BCUT2D eigenvalue weighted by Gasteiger charge is 2.14. The monoisotopic (exact) mass is 441 g/mol. The molecule has 1 amide bonds. The number of fused-ring (bicyclic) bond motifs is 1. The van der Waals surface area contributed by atoms with Gasteiger partial charge in [0, 0.05) is 33.3 Å². The summed E-state index contributed by atoms with van der Waals surface area (Å²) in [5.41, 5.74) is 5.44. The number of hydrogen-bond donors (Lipinski definition) is 1. The van der Waals surface area contributed by atoms with E-state index in [1.807, 2.05) is 65.0 Å². The first kappa shape index (κ1) is 20.2. The fourth-order valence-electron chi connectivity index (χ4n) is 3.13. The number of hydrogen-bond acceptors (Lipinski definition) is 3. The van der Waals surface area contributed by atoms with Crippen molar-refractivity contribution in [3.8, 4) is 5.75 Å². The molecule has 1 heterocycles. The van der Waals surface area contributed by atoms with Crippen molar-refractivity contribution in [3.63, 3.8) is 0 Å². The third-order valence-electron chi connectivity index (χ3n) is 4.77. The summed E-state index contributed by atoms with van der Waals surface area (Å²) in [6.45, 7) is 10.4. The summed E-state index contributed by atoms with van der Waals surface area (Å²) in [5, 5.41) is 3.95. The Morgan fingerprint density at radius 1 is 1.21 bits per heavy atom. The number of anilines is 1. The standard InChI is InChI=1S/C23H24BrNO3/c1-6-27-21-12-22-19(15(4)16(5)28-22)11-18(21)13(2)10-23(26)25-17-7-8-20(24)14(3)9-17/h7-12H,6H2,1-5H3,(H,25,26)/b13-10+. The largest absolute Gasteiger partial charge is 0.493 e. The molecule has 4 nitrogen and oxygen atoms in total. The minimum Gasteiger partial charge on any atom is -0.493 e. The van der Waals surface area contributed by atoms with Gasteiger partial charge < -0.3 is 14.5 Å². The van der Waals surface area contributed by atoms with E-state index < -0.39 is 0 Å². The first-order valence-electron chi connectivity index (χ1n) is 9.22. The molecule has 0 spiro atoms. The smallest absolute Gasteiger partial charge is 0.248 e. The zero-order valence-corrected chi connectivity index (χ0v) is 18.4. The van der Waals surface area contributed by atoms with Crippen LogP contribution >= 0.6 is 15.9 Å². The second kappa shape index (κ2) is 8.23. The quantitative estimate of drug-likeness (QED) is 0.455. The molecule has 0 unspecified atom stereocenters. The number of rotatable bonds is 5. The molecule has 5 heteroatoms. The van der Waals surface area contributed by atoms with E-state index >= 15 is 0 Å². The highest BCUT2D eigenvalue weighted by atomic mass is 79.9. The maximum absolute atomic E-state index is 12.5. The van der Waals surface area contributed by atoms with Crippen LogP contribution in [-0.2, 0) is 4.79 Å². The second-order valence-corrected chi connectivity index (χ2v) is 7.70. The lowest BCUT2D eigenvalue weighted by Crippen LogP contribution is -2.09. The lowest BCUT2D eigenvalue weighted by molar-refractivity contribution is -0.111. The average Bonchev–Trinajstić information content (AvgIpc) is 2.91. The first-order chi connectivity index (χ1) is 13.3. The molecular formula is C23H24BrNO3. The van der Waals surface area contributed by atoms with Crippen molar-refractivity contribution < 1.29 is 13.9 Å². The topological polar surface area (TPSA) is 51.5 Å². The predicted molar refractivity (Wildman–Crippen MR) is 118 cm³/mol. The molecule has 28 heavy (non-hydrogen) atoms. The van der Waals surface area contributed by atoms with Gasteiger partial charge in [-0.3, -0.25) is 4.79 Å². The fraction of sp³-hybridized carbons (Fsp3) is 0.261. The van der Waals surface area contributed by atoms with E-state index in [1.165, 1.54) is 0 Å². The van der Waals surface area contributed by atoms with Gasteiger partial charge in [0.05, 0.1) is 6.61 Å². The zero-order valence-electron chi connectivity index (χ0n) is 16.8. The normalized spacial score (nSPS) is 11.7. The molecule has 0 aliphatic carbocycles. The van der Waals surface area contributed by atoms with Crippen LogP contribution in [0.3, 0.4) is 0 Å². The fourth-order valence-corrected chi connectivity index (χ4v) is 3.37. The molecule has 1 N–H and O–H groups in total. The lowest BCUT2D eigenvalue weighted by atomic mass is 10.0. The van der Waals surface area contributed by atoms with Gasteiger partial charge in [0.25, 0.3) is 0 Å². The molecule has 0 aliphatic rings. The van der Waals surface area contributed by atoms with Crippen molar-refractivity contribution in [2.24, 2.45) is 0 Å². The van der Waals surface area contributed by atoms with Crippen LogP contribution < -0.4 is 10.1 Å². The van der Waals surface area contributed by atoms with Crippen molar-refractivity contribution in [3.05, 3.63) is 63.3 Å². The summed E-state index contributed by atoms with van der Waals surface area (Å²) in [5.74, 6) is 1.42. The van der Waals surface area contributed by atoms with E-state index in [2.05, 4.69) is 21.2 Å². The van der Waals surface area contributed by atoms with Crippen molar-refractivity contribution in [1.29, 1.82) is 0 Å². The number of benzene rings is 2. The number of allylic oxidation sites excluding steroid dienone is 1. The maximum atomic E-state index is 12.5. The predicted octanol–water partition coefficient (Wildman–Crippen LogP) is 6.56. The van der Waals surface area contributed by atoms with E-state index in [4.69, 9.17) is 9.15 Å². The van der Waals surface area contributed by atoms with Gasteiger partial charge >= 0.3 is 0 Å². The van der Waals surface area contributed by atoms with E-state index in [-0.39, 0.29) is 5.91 Å². The molecule has 0 saturated heterocycles. The van der Waals surface area contributed by atoms with Crippen LogP contribution in [-0.4, -0.2) is 12.5 Å². The Kier molecular flexibility index (Phi) is 5.94. The molecule has 2 aromatic carbocycles. The Hall–Kier alpha value is -2.53. The Labute approximate surface area is 173 Å². The summed E-state index contributed by atoms with van der Waals surface area (Å²) in [7, 11) is 0. The summed E-state index contributed by atoms with van der Waals surface area (Å²) in [6, 6.07) is 9.66. The number of halogens is 1.